The standard InChI is InChI=1S/C14H12IN3OS/c1-9-7-18-12(8-20-14(18)16-9)6-13(19)17-11-4-2-10(15)3-5-11/h2-5,7-8H,6H2,1H3,(H,17,19). The van der Waals surface area contributed by atoms with Crippen LogP contribution < -0.4 is 5.32 Å². The highest BCUT2D eigenvalue weighted by Gasteiger charge is 2.10. The normalized spacial score (nSPS) is 10.9. The van der Waals surface area contributed by atoms with E-state index in [9.17, 15) is 4.79 Å². The van der Waals surface area contributed by atoms with Crippen molar-refractivity contribution in [2.24, 2.45) is 0 Å². The van der Waals surface area contributed by atoms with Gasteiger partial charge < -0.3 is 5.32 Å². The molecule has 0 aliphatic carbocycles. The van der Waals surface area contributed by atoms with Gasteiger partial charge in [-0.05, 0) is 53.8 Å². The number of benzene rings is 1. The van der Waals surface area contributed by atoms with Gasteiger partial charge in [0, 0.05) is 26.5 Å². The molecule has 2 heterocycles. The Labute approximate surface area is 134 Å². The average Bonchev–Trinajstić information content (AvgIpc) is 2.93. The van der Waals surface area contributed by atoms with Crippen molar-refractivity contribution in [1.82, 2.24) is 9.38 Å². The van der Waals surface area contributed by atoms with Crippen LogP contribution in [-0.4, -0.2) is 15.3 Å². The molecule has 0 unspecified atom stereocenters. The predicted octanol–water partition coefficient (Wildman–Crippen LogP) is 3.49. The van der Waals surface area contributed by atoms with Gasteiger partial charge in [-0.15, -0.1) is 11.3 Å². The number of anilines is 1. The Morgan fingerprint density at radius 2 is 2.15 bits per heavy atom. The van der Waals surface area contributed by atoms with Gasteiger partial charge in [-0.3, -0.25) is 9.20 Å². The number of hydrogen-bond acceptors (Lipinski definition) is 3. The SMILES string of the molecule is Cc1cn2c(CC(=O)Nc3ccc(I)cc3)csc2n1. The second-order valence-electron chi connectivity index (χ2n) is 4.49. The van der Waals surface area contributed by atoms with Gasteiger partial charge in [-0.1, -0.05) is 0 Å². The number of halogens is 1. The van der Waals surface area contributed by atoms with Gasteiger partial charge in [0.1, 0.15) is 0 Å². The molecule has 0 saturated carbocycles. The molecule has 6 heteroatoms. The molecule has 3 aromatic rings. The van der Waals surface area contributed by atoms with E-state index in [1.807, 2.05) is 47.2 Å². The number of hydrogen-bond donors (Lipinski definition) is 1. The van der Waals surface area contributed by atoms with Gasteiger partial charge in [-0.2, -0.15) is 0 Å². The van der Waals surface area contributed by atoms with Crippen molar-refractivity contribution in [2.75, 3.05) is 5.32 Å². The number of thiazole rings is 1. The molecule has 4 nitrogen and oxygen atoms in total. The van der Waals surface area contributed by atoms with E-state index in [4.69, 9.17) is 0 Å². The van der Waals surface area contributed by atoms with Crippen molar-refractivity contribution < 1.29 is 4.79 Å². The molecule has 0 radical (unpaired) electrons. The Morgan fingerprint density at radius 1 is 1.40 bits per heavy atom. The van der Waals surface area contributed by atoms with Gasteiger partial charge in [-0.25, -0.2) is 4.98 Å². The average molecular weight is 397 g/mol. The first-order valence-corrected chi connectivity index (χ1v) is 8.05. The number of aryl methyl sites for hydroxylation is 1. The van der Waals surface area contributed by atoms with E-state index >= 15 is 0 Å². The van der Waals surface area contributed by atoms with Gasteiger partial charge in [0.2, 0.25) is 5.91 Å². The number of carbonyl (C=O) groups is 1. The summed E-state index contributed by atoms with van der Waals surface area (Å²) in [6.07, 6.45) is 2.31. The zero-order valence-corrected chi connectivity index (χ0v) is 13.7. The highest BCUT2D eigenvalue weighted by Crippen LogP contribution is 2.17. The Morgan fingerprint density at radius 3 is 2.90 bits per heavy atom. The molecular formula is C14H12IN3OS. The fourth-order valence-electron chi connectivity index (χ4n) is 1.97. The summed E-state index contributed by atoms with van der Waals surface area (Å²) >= 11 is 3.79. The van der Waals surface area contributed by atoms with Crippen LogP contribution in [0.25, 0.3) is 4.96 Å². The molecule has 102 valence electrons. The highest BCUT2D eigenvalue weighted by molar-refractivity contribution is 14.1. The van der Waals surface area contributed by atoms with Crippen LogP contribution in [0.3, 0.4) is 0 Å². The lowest BCUT2D eigenvalue weighted by atomic mass is 10.3. The Bertz CT molecular complexity index is 760. The molecule has 20 heavy (non-hydrogen) atoms. The monoisotopic (exact) mass is 397 g/mol. The summed E-state index contributed by atoms with van der Waals surface area (Å²) in [4.78, 5) is 17.4. The molecule has 0 aliphatic rings. The fraction of sp³-hybridized carbons (Fsp3) is 0.143. The third-order valence-electron chi connectivity index (χ3n) is 2.87. The van der Waals surface area contributed by atoms with Crippen molar-refractivity contribution in [2.45, 2.75) is 13.3 Å². The maximum absolute atomic E-state index is 12.1. The minimum Gasteiger partial charge on any atom is -0.326 e. The van der Waals surface area contributed by atoms with Crippen molar-refractivity contribution in [3.8, 4) is 0 Å². The predicted molar refractivity (Wildman–Crippen MR) is 89.3 cm³/mol. The topological polar surface area (TPSA) is 46.4 Å². The second-order valence-corrected chi connectivity index (χ2v) is 6.58. The van der Waals surface area contributed by atoms with E-state index < -0.39 is 0 Å². The fourth-order valence-corrected chi connectivity index (χ4v) is 3.25. The molecule has 0 bridgehead atoms. The van der Waals surface area contributed by atoms with Crippen LogP contribution in [0, 0.1) is 10.5 Å². The molecule has 0 fully saturated rings. The molecule has 3 rings (SSSR count). The van der Waals surface area contributed by atoms with Crippen LogP contribution in [0.1, 0.15) is 11.4 Å². The second kappa shape index (κ2) is 5.53. The first-order valence-electron chi connectivity index (χ1n) is 6.09. The number of nitrogens with zero attached hydrogens (tertiary/aromatic N) is 2. The number of fused-ring (bicyclic) bond motifs is 1. The van der Waals surface area contributed by atoms with Crippen molar-refractivity contribution in [3.63, 3.8) is 0 Å². The summed E-state index contributed by atoms with van der Waals surface area (Å²) in [5.74, 6) is -0.0164. The molecule has 2 aromatic heterocycles. The number of carbonyl (C=O) groups excluding carboxylic acids is 1. The van der Waals surface area contributed by atoms with Crippen LogP contribution in [0.2, 0.25) is 0 Å². The summed E-state index contributed by atoms with van der Waals surface area (Å²) in [7, 11) is 0. The third kappa shape index (κ3) is 2.85. The lowest BCUT2D eigenvalue weighted by Gasteiger charge is -2.04. The summed E-state index contributed by atoms with van der Waals surface area (Å²) in [5, 5.41) is 4.89. The molecule has 0 aliphatic heterocycles. The lowest BCUT2D eigenvalue weighted by Crippen LogP contribution is -2.15. The van der Waals surface area contributed by atoms with E-state index in [0.717, 1.165) is 25.6 Å². The number of imidazole rings is 1. The highest BCUT2D eigenvalue weighted by atomic mass is 127. The zero-order chi connectivity index (χ0) is 14.1. The molecule has 1 aromatic carbocycles. The van der Waals surface area contributed by atoms with E-state index in [-0.39, 0.29) is 5.91 Å². The molecule has 0 atom stereocenters. The number of amides is 1. The van der Waals surface area contributed by atoms with Crippen molar-refractivity contribution in [3.05, 3.63) is 50.8 Å². The Hall–Kier alpha value is -1.41. The van der Waals surface area contributed by atoms with Crippen LogP contribution in [0.4, 0.5) is 5.69 Å². The molecule has 1 N–H and O–H groups in total. The summed E-state index contributed by atoms with van der Waals surface area (Å²) in [6.45, 7) is 1.95. The third-order valence-corrected chi connectivity index (χ3v) is 4.48. The lowest BCUT2D eigenvalue weighted by molar-refractivity contribution is -0.115. The van der Waals surface area contributed by atoms with Crippen LogP contribution >= 0.6 is 33.9 Å². The number of nitrogens with one attached hydrogen (secondary N) is 1. The van der Waals surface area contributed by atoms with Gasteiger partial charge >= 0.3 is 0 Å². The molecule has 0 saturated heterocycles. The van der Waals surface area contributed by atoms with E-state index in [1.165, 1.54) is 0 Å². The van der Waals surface area contributed by atoms with Crippen LogP contribution in [0.15, 0.2) is 35.8 Å². The van der Waals surface area contributed by atoms with Crippen LogP contribution in [-0.2, 0) is 11.2 Å². The Balaban J connectivity index is 1.73. The van der Waals surface area contributed by atoms with E-state index in [2.05, 4.69) is 32.9 Å². The van der Waals surface area contributed by atoms with Gasteiger partial charge in [0.25, 0.3) is 0 Å². The molecular weight excluding hydrogens is 385 g/mol. The number of rotatable bonds is 3. The summed E-state index contributed by atoms with van der Waals surface area (Å²) < 4.78 is 3.13. The van der Waals surface area contributed by atoms with Crippen LogP contribution in [0.5, 0.6) is 0 Å². The smallest absolute Gasteiger partial charge is 0.230 e. The number of aromatic nitrogens is 2. The first-order chi connectivity index (χ1) is 9.61. The summed E-state index contributed by atoms with van der Waals surface area (Å²) in [5.41, 5.74) is 2.76. The largest absolute Gasteiger partial charge is 0.326 e. The maximum atomic E-state index is 12.1. The molecule has 0 spiro atoms. The van der Waals surface area contributed by atoms with Gasteiger partial charge in [0.15, 0.2) is 4.96 Å². The summed E-state index contributed by atoms with van der Waals surface area (Å²) in [6, 6.07) is 7.75. The zero-order valence-electron chi connectivity index (χ0n) is 10.8. The first kappa shape index (κ1) is 13.6. The minimum absolute atomic E-state index is 0.0164. The molecule has 1 amide bonds. The minimum atomic E-state index is -0.0164. The quantitative estimate of drug-likeness (QED) is 0.688. The van der Waals surface area contributed by atoms with Crippen molar-refractivity contribution >= 4 is 50.5 Å². The van der Waals surface area contributed by atoms with E-state index in [1.54, 1.807) is 11.3 Å². The van der Waals surface area contributed by atoms with Crippen molar-refractivity contribution in [1.29, 1.82) is 0 Å². The van der Waals surface area contributed by atoms with E-state index in [0.29, 0.717) is 6.42 Å². The van der Waals surface area contributed by atoms with Gasteiger partial charge in [0.05, 0.1) is 12.1 Å². The Kier molecular flexibility index (Phi) is 3.75. The maximum Gasteiger partial charge on any atom is 0.230 e.